The van der Waals surface area contributed by atoms with E-state index in [1.165, 1.54) is 12.8 Å². The second-order valence-corrected chi connectivity index (χ2v) is 5.56. The first-order valence-electron chi connectivity index (χ1n) is 6.85. The molecule has 2 rings (SSSR count). The molecule has 0 bridgehead atoms. The normalized spacial score (nSPS) is 32.4. The summed E-state index contributed by atoms with van der Waals surface area (Å²) in [5.74, 6) is 0.783. The summed E-state index contributed by atoms with van der Waals surface area (Å²) < 4.78 is 5.96. The van der Waals surface area contributed by atoms with Gasteiger partial charge in [-0.15, -0.1) is 6.58 Å². The molecule has 0 aromatic heterocycles. The molecule has 0 radical (unpaired) electrons. The van der Waals surface area contributed by atoms with Gasteiger partial charge in [0.1, 0.15) is 0 Å². The molecule has 1 saturated carbocycles. The fourth-order valence-electron chi connectivity index (χ4n) is 2.65. The number of nitrogens with zero attached hydrogens (tertiary/aromatic N) is 1. The molecule has 0 amide bonds. The standard InChI is InChI=1S/C14H25NO2/c1-3-4-5-13(16)9-15-8-11(2)17-14(10-15)12-6-7-12/h3,11-14,16H,1,4-10H2,2H3/t11-,13+,14-/m1/s1. The van der Waals surface area contributed by atoms with E-state index in [0.29, 0.717) is 12.2 Å². The summed E-state index contributed by atoms with van der Waals surface area (Å²) in [5, 5.41) is 9.93. The van der Waals surface area contributed by atoms with Crippen molar-refractivity contribution in [2.75, 3.05) is 19.6 Å². The second kappa shape index (κ2) is 5.98. The Morgan fingerprint density at radius 3 is 2.88 bits per heavy atom. The van der Waals surface area contributed by atoms with Crippen LogP contribution < -0.4 is 0 Å². The van der Waals surface area contributed by atoms with Crippen molar-refractivity contribution in [3.8, 4) is 0 Å². The minimum absolute atomic E-state index is 0.224. The van der Waals surface area contributed by atoms with Gasteiger partial charge < -0.3 is 9.84 Å². The number of allylic oxidation sites excluding steroid dienone is 1. The first-order chi connectivity index (χ1) is 8.19. The van der Waals surface area contributed by atoms with Crippen molar-refractivity contribution >= 4 is 0 Å². The van der Waals surface area contributed by atoms with Crippen molar-refractivity contribution in [2.24, 2.45) is 5.92 Å². The third kappa shape index (κ3) is 4.09. The highest BCUT2D eigenvalue weighted by Gasteiger charge is 2.37. The second-order valence-electron chi connectivity index (χ2n) is 5.56. The predicted molar refractivity (Wildman–Crippen MR) is 68.9 cm³/mol. The first-order valence-corrected chi connectivity index (χ1v) is 6.85. The molecule has 1 N–H and O–H groups in total. The number of β-amino-alcohol motifs (C(OH)–C–C–N with tert-alkyl or cyclic N) is 1. The third-order valence-corrected chi connectivity index (χ3v) is 3.68. The van der Waals surface area contributed by atoms with Gasteiger partial charge in [-0.1, -0.05) is 6.08 Å². The summed E-state index contributed by atoms with van der Waals surface area (Å²) in [4.78, 5) is 2.37. The molecule has 98 valence electrons. The Labute approximate surface area is 104 Å². The fourth-order valence-corrected chi connectivity index (χ4v) is 2.65. The van der Waals surface area contributed by atoms with E-state index in [9.17, 15) is 5.11 Å². The number of ether oxygens (including phenoxy) is 1. The first kappa shape index (κ1) is 13.1. The zero-order valence-corrected chi connectivity index (χ0v) is 10.8. The van der Waals surface area contributed by atoms with Gasteiger partial charge in [-0.05, 0) is 38.5 Å². The molecule has 3 nitrogen and oxygen atoms in total. The number of aliphatic hydroxyl groups is 1. The van der Waals surface area contributed by atoms with Gasteiger partial charge in [0.2, 0.25) is 0 Å². The van der Waals surface area contributed by atoms with E-state index in [4.69, 9.17) is 4.74 Å². The summed E-state index contributed by atoms with van der Waals surface area (Å²) in [7, 11) is 0. The highest BCUT2D eigenvalue weighted by Crippen LogP contribution is 2.36. The Morgan fingerprint density at radius 2 is 2.24 bits per heavy atom. The Balaban J connectivity index is 1.76. The van der Waals surface area contributed by atoms with Gasteiger partial charge in [0.25, 0.3) is 0 Å². The Hall–Kier alpha value is -0.380. The Bertz CT molecular complexity index is 253. The van der Waals surface area contributed by atoms with Gasteiger partial charge in [0.05, 0.1) is 18.3 Å². The van der Waals surface area contributed by atoms with E-state index in [0.717, 1.165) is 38.4 Å². The summed E-state index contributed by atoms with van der Waals surface area (Å²) >= 11 is 0. The topological polar surface area (TPSA) is 32.7 Å². The molecule has 0 unspecified atom stereocenters. The zero-order valence-electron chi connectivity index (χ0n) is 10.8. The summed E-state index contributed by atoms with van der Waals surface area (Å²) in [5.41, 5.74) is 0. The SMILES string of the molecule is C=CCC[C@H](O)CN1C[C@@H](C)O[C@@H](C2CC2)C1. The van der Waals surface area contributed by atoms with Crippen LogP contribution in [-0.4, -0.2) is 48.0 Å². The molecule has 2 fully saturated rings. The summed E-state index contributed by atoms with van der Waals surface area (Å²) in [6, 6.07) is 0. The summed E-state index contributed by atoms with van der Waals surface area (Å²) in [6.45, 7) is 8.56. The maximum absolute atomic E-state index is 9.93. The molecule has 0 aromatic rings. The highest BCUT2D eigenvalue weighted by atomic mass is 16.5. The number of aliphatic hydroxyl groups excluding tert-OH is 1. The quantitative estimate of drug-likeness (QED) is 0.718. The summed E-state index contributed by atoms with van der Waals surface area (Å²) in [6.07, 6.45) is 6.73. The monoisotopic (exact) mass is 239 g/mol. The van der Waals surface area contributed by atoms with E-state index in [-0.39, 0.29) is 6.10 Å². The van der Waals surface area contributed by atoms with Crippen molar-refractivity contribution in [1.29, 1.82) is 0 Å². The third-order valence-electron chi connectivity index (χ3n) is 3.68. The van der Waals surface area contributed by atoms with Gasteiger partial charge in [-0.3, -0.25) is 4.90 Å². The van der Waals surface area contributed by atoms with Crippen molar-refractivity contribution < 1.29 is 9.84 Å². The van der Waals surface area contributed by atoms with Crippen molar-refractivity contribution in [3.63, 3.8) is 0 Å². The molecule has 1 aliphatic heterocycles. The van der Waals surface area contributed by atoms with Crippen LogP contribution in [0.4, 0.5) is 0 Å². The molecule has 17 heavy (non-hydrogen) atoms. The molecule has 1 aliphatic carbocycles. The average molecular weight is 239 g/mol. The van der Waals surface area contributed by atoms with Crippen LogP contribution in [0.5, 0.6) is 0 Å². The maximum Gasteiger partial charge on any atom is 0.0734 e. The van der Waals surface area contributed by atoms with E-state index >= 15 is 0 Å². The molecule has 2 aliphatic rings. The lowest BCUT2D eigenvalue weighted by Gasteiger charge is -2.37. The lowest BCUT2D eigenvalue weighted by atomic mass is 10.1. The predicted octanol–water partition coefficient (Wildman–Crippen LogP) is 1.81. The number of hydrogen-bond donors (Lipinski definition) is 1. The molecule has 3 heteroatoms. The highest BCUT2D eigenvalue weighted by molar-refractivity contribution is 4.88. The van der Waals surface area contributed by atoms with Crippen LogP contribution >= 0.6 is 0 Å². The van der Waals surface area contributed by atoms with Crippen molar-refractivity contribution in [3.05, 3.63) is 12.7 Å². The largest absolute Gasteiger partial charge is 0.392 e. The van der Waals surface area contributed by atoms with Crippen LogP contribution in [0.3, 0.4) is 0 Å². The van der Waals surface area contributed by atoms with Crippen LogP contribution in [-0.2, 0) is 4.74 Å². The lowest BCUT2D eigenvalue weighted by Crippen LogP contribution is -2.49. The van der Waals surface area contributed by atoms with E-state index < -0.39 is 0 Å². The molecule has 3 atom stereocenters. The number of rotatable bonds is 6. The van der Waals surface area contributed by atoms with Gasteiger partial charge in [0.15, 0.2) is 0 Å². The molecule has 1 heterocycles. The minimum atomic E-state index is -0.224. The van der Waals surface area contributed by atoms with Crippen LogP contribution in [0.15, 0.2) is 12.7 Å². The van der Waals surface area contributed by atoms with Gasteiger partial charge >= 0.3 is 0 Å². The molecule has 0 spiro atoms. The number of hydrogen-bond acceptors (Lipinski definition) is 3. The number of morpholine rings is 1. The van der Waals surface area contributed by atoms with Gasteiger partial charge in [-0.25, -0.2) is 0 Å². The van der Waals surface area contributed by atoms with E-state index in [1.807, 2.05) is 6.08 Å². The fraction of sp³-hybridized carbons (Fsp3) is 0.857. The molecular weight excluding hydrogens is 214 g/mol. The Kier molecular flexibility index (Phi) is 4.60. The van der Waals surface area contributed by atoms with E-state index in [1.54, 1.807) is 0 Å². The van der Waals surface area contributed by atoms with Crippen LogP contribution in [0, 0.1) is 5.92 Å². The van der Waals surface area contributed by atoms with Gasteiger partial charge in [-0.2, -0.15) is 0 Å². The smallest absolute Gasteiger partial charge is 0.0734 e. The zero-order chi connectivity index (χ0) is 12.3. The average Bonchev–Trinajstić information content (AvgIpc) is 3.09. The molecule has 0 aromatic carbocycles. The van der Waals surface area contributed by atoms with Crippen molar-refractivity contribution in [2.45, 2.75) is 50.9 Å². The van der Waals surface area contributed by atoms with E-state index in [2.05, 4.69) is 18.4 Å². The van der Waals surface area contributed by atoms with Crippen molar-refractivity contribution in [1.82, 2.24) is 4.90 Å². The Morgan fingerprint density at radius 1 is 1.47 bits per heavy atom. The van der Waals surface area contributed by atoms with Crippen LogP contribution in [0.25, 0.3) is 0 Å². The van der Waals surface area contributed by atoms with Crippen LogP contribution in [0.2, 0.25) is 0 Å². The molecule has 1 saturated heterocycles. The molecular formula is C14H25NO2. The lowest BCUT2D eigenvalue weighted by molar-refractivity contribution is -0.0932. The van der Waals surface area contributed by atoms with Gasteiger partial charge in [0, 0.05) is 19.6 Å². The minimum Gasteiger partial charge on any atom is -0.392 e. The van der Waals surface area contributed by atoms with Crippen LogP contribution in [0.1, 0.15) is 32.6 Å². The maximum atomic E-state index is 9.93.